The highest BCUT2D eigenvalue weighted by Gasteiger charge is 2.12. The molecule has 0 aliphatic heterocycles. The van der Waals surface area contributed by atoms with Crippen LogP contribution in [0.4, 0.5) is 5.69 Å². The van der Waals surface area contributed by atoms with Crippen LogP contribution in [0.3, 0.4) is 0 Å². The predicted molar refractivity (Wildman–Crippen MR) is 96.6 cm³/mol. The first-order valence-corrected chi connectivity index (χ1v) is 9.59. The van der Waals surface area contributed by atoms with Gasteiger partial charge < -0.3 is 9.84 Å². The molecule has 0 radical (unpaired) electrons. The van der Waals surface area contributed by atoms with Gasteiger partial charge in [-0.1, -0.05) is 12.1 Å². The first-order valence-electron chi connectivity index (χ1n) is 7.94. The van der Waals surface area contributed by atoms with Gasteiger partial charge in [0.25, 0.3) is 11.8 Å². The summed E-state index contributed by atoms with van der Waals surface area (Å²) in [6, 6.07) is 12.8. The normalized spacial score (nSPS) is 11.3. The molecule has 0 aliphatic carbocycles. The number of nitrogens with zero attached hydrogens (tertiary/aromatic N) is 2. The lowest BCUT2D eigenvalue weighted by Crippen LogP contribution is -2.12. The Hall–Kier alpha value is -3.00. The lowest BCUT2D eigenvalue weighted by molar-refractivity contribution is 0.102. The molecule has 0 atom stereocenters. The van der Waals surface area contributed by atoms with Gasteiger partial charge in [0, 0.05) is 16.8 Å². The van der Waals surface area contributed by atoms with Crippen molar-refractivity contribution in [2.75, 3.05) is 11.1 Å². The third kappa shape index (κ3) is 3.80. The van der Waals surface area contributed by atoms with E-state index in [2.05, 4.69) is 15.5 Å². The van der Waals surface area contributed by atoms with Crippen molar-refractivity contribution in [1.29, 1.82) is 0 Å². The summed E-state index contributed by atoms with van der Waals surface area (Å²) in [4.78, 5) is 16.7. The monoisotopic (exact) mass is 371 g/mol. The highest BCUT2D eigenvalue weighted by atomic mass is 32.2. The fourth-order valence-corrected chi connectivity index (χ4v) is 3.18. The number of rotatable bonds is 5. The van der Waals surface area contributed by atoms with Crippen LogP contribution in [-0.2, 0) is 9.84 Å². The number of amides is 1. The second-order valence-corrected chi connectivity index (χ2v) is 7.88. The van der Waals surface area contributed by atoms with Crippen LogP contribution < -0.4 is 5.32 Å². The van der Waals surface area contributed by atoms with Crippen LogP contribution in [0.25, 0.3) is 11.5 Å². The molecule has 1 heterocycles. The van der Waals surface area contributed by atoms with Gasteiger partial charge in [-0.3, -0.25) is 4.79 Å². The summed E-state index contributed by atoms with van der Waals surface area (Å²) in [5.41, 5.74) is 1.69. The molecule has 2 aromatic carbocycles. The Bertz CT molecular complexity index is 1020. The summed E-state index contributed by atoms with van der Waals surface area (Å²) < 4.78 is 28.7. The van der Waals surface area contributed by atoms with Crippen LogP contribution in [0.15, 0.2) is 57.9 Å². The van der Waals surface area contributed by atoms with E-state index in [4.69, 9.17) is 4.52 Å². The summed E-state index contributed by atoms with van der Waals surface area (Å²) in [5, 5.41) is 6.46. The Balaban J connectivity index is 1.72. The molecule has 7 nitrogen and oxygen atoms in total. The third-order valence-electron chi connectivity index (χ3n) is 3.77. The molecular weight excluding hydrogens is 354 g/mol. The van der Waals surface area contributed by atoms with E-state index in [0.717, 1.165) is 5.56 Å². The van der Waals surface area contributed by atoms with Gasteiger partial charge in [-0.05, 0) is 55.5 Å². The molecule has 0 unspecified atom stereocenters. The van der Waals surface area contributed by atoms with Gasteiger partial charge in [0.1, 0.15) is 0 Å². The summed E-state index contributed by atoms with van der Waals surface area (Å²) in [5.74, 6) is 0.659. The average Bonchev–Trinajstić information content (AvgIpc) is 3.08. The van der Waals surface area contributed by atoms with Crippen molar-refractivity contribution < 1.29 is 17.7 Å². The van der Waals surface area contributed by atoms with Crippen molar-refractivity contribution in [3.8, 4) is 11.5 Å². The van der Waals surface area contributed by atoms with E-state index >= 15 is 0 Å². The maximum Gasteiger partial charge on any atom is 0.257 e. The van der Waals surface area contributed by atoms with Gasteiger partial charge in [0.15, 0.2) is 15.7 Å². The zero-order valence-electron chi connectivity index (χ0n) is 14.3. The molecule has 3 aromatic rings. The Morgan fingerprint density at radius 3 is 2.27 bits per heavy atom. The van der Waals surface area contributed by atoms with Crippen molar-refractivity contribution in [3.63, 3.8) is 0 Å². The molecule has 0 saturated heterocycles. The maximum absolute atomic E-state index is 12.3. The van der Waals surface area contributed by atoms with Gasteiger partial charge in [0.2, 0.25) is 0 Å². The predicted octanol–water partition coefficient (Wildman–Crippen LogP) is 3.09. The second kappa shape index (κ2) is 7.09. The average molecular weight is 371 g/mol. The molecule has 8 heteroatoms. The van der Waals surface area contributed by atoms with E-state index < -0.39 is 9.84 Å². The highest BCUT2D eigenvalue weighted by Crippen LogP contribution is 2.19. The van der Waals surface area contributed by atoms with Gasteiger partial charge in [-0.2, -0.15) is 4.98 Å². The Morgan fingerprint density at radius 1 is 1.08 bits per heavy atom. The number of aromatic nitrogens is 2. The Morgan fingerprint density at radius 2 is 1.73 bits per heavy atom. The molecule has 1 aromatic heterocycles. The van der Waals surface area contributed by atoms with Crippen LogP contribution in [0.2, 0.25) is 0 Å². The van der Waals surface area contributed by atoms with E-state index in [0.29, 0.717) is 23.0 Å². The van der Waals surface area contributed by atoms with Crippen LogP contribution in [-0.4, -0.2) is 30.2 Å². The lowest BCUT2D eigenvalue weighted by Gasteiger charge is -2.07. The van der Waals surface area contributed by atoms with E-state index in [1.807, 2.05) is 0 Å². The molecule has 1 N–H and O–H groups in total. The number of sulfone groups is 1. The summed E-state index contributed by atoms with van der Waals surface area (Å²) in [6.07, 6.45) is 0. The third-order valence-corrected chi connectivity index (χ3v) is 5.52. The molecule has 1 amide bonds. The zero-order valence-corrected chi connectivity index (χ0v) is 15.1. The van der Waals surface area contributed by atoms with Crippen molar-refractivity contribution in [2.45, 2.75) is 18.7 Å². The minimum atomic E-state index is -3.26. The fraction of sp³-hybridized carbons (Fsp3) is 0.167. The molecule has 0 aliphatic rings. The largest absolute Gasteiger partial charge is 0.334 e. The molecular formula is C18H17N3O4S. The summed E-state index contributed by atoms with van der Waals surface area (Å²) in [6.45, 7) is 3.32. The second-order valence-electron chi connectivity index (χ2n) is 5.61. The standard InChI is InChI=1S/C18H17N3O4S/c1-3-26(23,24)16-10-8-15(9-11-16)20-17(22)13-4-6-14(7-5-13)18-19-12(2)21-25-18/h4-11H,3H2,1-2H3,(H,20,22). The Labute approximate surface area is 151 Å². The molecule has 26 heavy (non-hydrogen) atoms. The molecule has 0 spiro atoms. The number of hydrogen-bond donors (Lipinski definition) is 1. The van der Waals surface area contributed by atoms with Crippen molar-refractivity contribution >= 4 is 21.4 Å². The van der Waals surface area contributed by atoms with Crippen LogP contribution in [0.1, 0.15) is 23.1 Å². The minimum absolute atomic E-state index is 0.0324. The summed E-state index contributed by atoms with van der Waals surface area (Å²) >= 11 is 0. The number of anilines is 1. The van der Waals surface area contributed by atoms with Crippen molar-refractivity contribution in [3.05, 3.63) is 59.9 Å². The molecule has 0 fully saturated rings. The number of carbonyl (C=O) groups is 1. The van der Waals surface area contributed by atoms with Crippen LogP contribution >= 0.6 is 0 Å². The molecule has 0 bridgehead atoms. The van der Waals surface area contributed by atoms with Crippen LogP contribution in [0.5, 0.6) is 0 Å². The lowest BCUT2D eigenvalue weighted by atomic mass is 10.1. The number of benzene rings is 2. The van der Waals surface area contributed by atoms with E-state index in [1.54, 1.807) is 50.2 Å². The highest BCUT2D eigenvalue weighted by molar-refractivity contribution is 7.91. The molecule has 134 valence electrons. The van der Waals surface area contributed by atoms with Gasteiger partial charge >= 0.3 is 0 Å². The van der Waals surface area contributed by atoms with Crippen molar-refractivity contribution in [2.24, 2.45) is 0 Å². The number of nitrogens with one attached hydrogen (secondary N) is 1. The Kier molecular flexibility index (Phi) is 4.85. The number of aryl methyl sites for hydroxylation is 1. The smallest absolute Gasteiger partial charge is 0.257 e. The first-order chi connectivity index (χ1) is 12.4. The first kappa shape index (κ1) is 17.8. The maximum atomic E-state index is 12.3. The van der Waals surface area contributed by atoms with E-state index in [9.17, 15) is 13.2 Å². The molecule has 3 rings (SSSR count). The van der Waals surface area contributed by atoms with Crippen molar-refractivity contribution in [1.82, 2.24) is 10.1 Å². The quantitative estimate of drug-likeness (QED) is 0.739. The van der Waals surface area contributed by atoms with Crippen LogP contribution in [0, 0.1) is 6.92 Å². The van der Waals surface area contributed by atoms with E-state index in [-0.39, 0.29) is 16.6 Å². The summed E-state index contributed by atoms with van der Waals surface area (Å²) in [7, 11) is -3.26. The minimum Gasteiger partial charge on any atom is -0.334 e. The number of carbonyl (C=O) groups excluding carboxylic acids is 1. The zero-order chi connectivity index (χ0) is 18.7. The topological polar surface area (TPSA) is 102 Å². The van der Waals surface area contributed by atoms with Gasteiger partial charge in [0.05, 0.1) is 10.6 Å². The fourth-order valence-electron chi connectivity index (χ4n) is 2.29. The van der Waals surface area contributed by atoms with Gasteiger partial charge in [-0.25, -0.2) is 8.42 Å². The molecule has 0 saturated carbocycles. The van der Waals surface area contributed by atoms with Gasteiger partial charge in [-0.15, -0.1) is 0 Å². The number of hydrogen-bond acceptors (Lipinski definition) is 6. The SMILES string of the molecule is CCS(=O)(=O)c1ccc(NC(=O)c2ccc(-c3nc(C)no3)cc2)cc1. The van der Waals surface area contributed by atoms with E-state index in [1.165, 1.54) is 12.1 Å².